The number of oxazole rings is 1. The fraction of sp³-hybridized carbons (Fsp3) is 0.269. The van der Waals surface area contributed by atoms with E-state index in [1.165, 1.54) is 29.5 Å². The van der Waals surface area contributed by atoms with Crippen LogP contribution in [-0.2, 0) is 19.4 Å². The average Bonchev–Trinajstić information content (AvgIpc) is 3.15. The third-order valence-corrected chi connectivity index (χ3v) is 5.52. The van der Waals surface area contributed by atoms with Crippen LogP contribution < -0.4 is 11.1 Å². The van der Waals surface area contributed by atoms with Crippen LogP contribution >= 0.6 is 0 Å². The van der Waals surface area contributed by atoms with Crippen LogP contribution in [0.2, 0.25) is 0 Å². The van der Waals surface area contributed by atoms with Crippen molar-refractivity contribution in [1.82, 2.24) is 10.3 Å². The van der Waals surface area contributed by atoms with Gasteiger partial charge in [0.15, 0.2) is 5.58 Å². The molecule has 0 aliphatic carbocycles. The SMILES string of the molecule is O=c1[nH]c2ccc(CC(CCCCc3ccccc3)NCc3ccccc3)cc2o1. The topological polar surface area (TPSA) is 58.0 Å². The van der Waals surface area contributed by atoms with Gasteiger partial charge in [-0.25, -0.2) is 4.79 Å². The van der Waals surface area contributed by atoms with Crippen molar-refractivity contribution in [2.24, 2.45) is 0 Å². The lowest BCUT2D eigenvalue weighted by Gasteiger charge is -2.19. The third-order valence-electron chi connectivity index (χ3n) is 5.52. The minimum atomic E-state index is -0.401. The molecular weight excluding hydrogens is 372 g/mol. The highest BCUT2D eigenvalue weighted by Gasteiger charge is 2.11. The van der Waals surface area contributed by atoms with E-state index >= 15 is 0 Å². The minimum absolute atomic E-state index is 0.365. The largest absolute Gasteiger partial charge is 0.417 e. The van der Waals surface area contributed by atoms with Gasteiger partial charge in [0.1, 0.15) is 0 Å². The normalized spacial score (nSPS) is 12.3. The molecule has 30 heavy (non-hydrogen) atoms. The number of nitrogens with one attached hydrogen (secondary N) is 2. The Morgan fingerprint density at radius 3 is 2.33 bits per heavy atom. The van der Waals surface area contributed by atoms with Gasteiger partial charge in [0.05, 0.1) is 5.52 Å². The molecule has 1 aromatic heterocycles. The molecule has 3 aromatic carbocycles. The lowest BCUT2D eigenvalue weighted by atomic mass is 9.98. The Morgan fingerprint density at radius 1 is 0.833 bits per heavy atom. The number of aryl methyl sites for hydroxylation is 1. The second kappa shape index (κ2) is 10.1. The highest BCUT2D eigenvalue weighted by Crippen LogP contribution is 2.17. The molecule has 154 valence electrons. The third kappa shape index (κ3) is 5.71. The van der Waals surface area contributed by atoms with E-state index in [2.05, 4.69) is 71.0 Å². The van der Waals surface area contributed by atoms with Gasteiger partial charge in [0, 0.05) is 12.6 Å². The van der Waals surface area contributed by atoms with Crippen LogP contribution in [0.3, 0.4) is 0 Å². The highest BCUT2D eigenvalue weighted by atomic mass is 16.4. The fourth-order valence-corrected chi connectivity index (χ4v) is 3.90. The summed E-state index contributed by atoms with van der Waals surface area (Å²) in [6, 6.07) is 27.5. The Balaban J connectivity index is 1.38. The van der Waals surface area contributed by atoms with Crippen molar-refractivity contribution in [2.45, 2.75) is 44.7 Å². The summed E-state index contributed by atoms with van der Waals surface area (Å²) in [7, 11) is 0. The predicted octanol–water partition coefficient (Wildman–Crippen LogP) is 5.24. The van der Waals surface area contributed by atoms with Crippen LogP contribution in [0.5, 0.6) is 0 Å². The maximum atomic E-state index is 11.4. The summed E-state index contributed by atoms with van der Waals surface area (Å²) in [5.41, 5.74) is 5.25. The zero-order chi connectivity index (χ0) is 20.6. The Bertz CT molecular complexity index is 1100. The van der Waals surface area contributed by atoms with Gasteiger partial charge in [0.2, 0.25) is 0 Å². The van der Waals surface area contributed by atoms with Crippen molar-refractivity contribution >= 4 is 11.1 Å². The number of aromatic amines is 1. The quantitative estimate of drug-likeness (QED) is 0.358. The Labute approximate surface area is 177 Å². The molecule has 0 radical (unpaired) electrons. The monoisotopic (exact) mass is 400 g/mol. The predicted molar refractivity (Wildman–Crippen MR) is 122 cm³/mol. The van der Waals surface area contributed by atoms with E-state index in [1.54, 1.807) is 0 Å². The first-order valence-corrected chi connectivity index (χ1v) is 10.7. The standard InChI is InChI=1S/C26H28N2O2/c29-26-28-24-16-15-22(18-25(24)30-26)17-23(27-19-21-12-5-2-6-13-21)14-8-7-11-20-9-3-1-4-10-20/h1-6,9-10,12-13,15-16,18,23,27H,7-8,11,14,17,19H2,(H,28,29). The van der Waals surface area contributed by atoms with Gasteiger partial charge in [0.25, 0.3) is 0 Å². The van der Waals surface area contributed by atoms with Gasteiger partial charge < -0.3 is 9.73 Å². The van der Waals surface area contributed by atoms with Crippen molar-refractivity contribution in [2.75, 3.05) is 0 Å². The van der Waals surface area contributed by atoms with Crippen LogP contribution in [-0.4, -0.2) is 11.0 Å². The maximum Gasteiger partial charge on any atom is 0.417 e. The van der Waals surface area contributed by atoms with Gasteiger partial charge in [-0.15, -0.1) is 0 Å². The Morgan fingerprint density at radius 2 is 1.57 bits per heavy atom. The van der Waals surface area contributed by atoms with Crippen molar-refractivity contribution < 1.29 is 4.42 Å². The molecular formula is C26H28N2O2. The molecule has 4 heteroatoms. The van der Waals surface area contributed by atoms with Gasteiger partial charge in [-0.3, -0.25) is 4.98 Å². The summed E-state index contributed by atoms with van der Waals surface area (Å²) >= 11 is 0. The van der Waals surface area contributed by atoms with Crippen molar-refractivity contribution in [3.8, 4) is 0 Å². The van der Waals surface area contributed by atoms with Gasteiger partial charge in [-0.1, -0.05) is 73.2 Å². The fourth-order valence-electron chi connectivity index (χ4n) is 3.90. The molecule has 0 saturated carbocycles. The lowest BCUT2D eigenvalue weighted by Crippen LogP contribution is -2.30. The molecule has 4 rings (SSSR count). The molecule has 4 nitrogen and oxygen atoms in total. The summed E-state index contributed by atoms with van der Waals surface area (Å²) in [6.45, 7) is 0.853. The first kappa shape index (κ1) is 20.2. The second-order valence-corrected chi connectivity index (χ2v) is 7.84. The molecule has 0 aliphatic heterocycles. The molecule has 0 bridgehead atoms. The summed E-state index contributed by atoms with van der Waals surface area (Å²) in [5.74, 6) is -0.401. The zero-order valence-electron chi connectivity index (χ0n) is 17.1. The van der Waals surface area contributed by atoms with E-state index in [0.717, 1.165) is 31.3 Å². The van der Waals surface area contributed by atoms with E-state index in [1.807, 2.05) is 18.2 Å². The molecule has 0 amide bonds. The first-order valence-electron chi connectivity index (χ1n) is 10.7. The number of hydrogen-bond donors (Lipinski definition) is 2. The van der Waals surface area contributed by atoms with Crippen LogP contribution in [0.25, 0.3) is 11.1 Å². The summed E-state index contributed by atoms with van der Waals surface area (Å²) in [5, 5.41) is 3.74. The highest BCUT2D eigenvalue weighted by molar-refractivity contribution is 5.72. The molecule has 1 unspecified atom stereocenters. The number of aromatic nitrogens is 1. The first-order chi connectivity index (χ1) is 14.8. The summed E-state index contributed by atoms with van der Waals surface area (Å²) in [6.07, 6.45) is 5.48. The Hall–Kier alpha value is -3.11. The zero-order valence-corrected chi connectivity index (χ0v) is 17.1. The molecule has 1 atom stereocenters. The molecule has 2 N–H and O–H groups in total. The number of rotatable bonds is 10. The van der Waals surface area contributed by atoms with E-state index in [4.69, 9.17) is 4.42 Å². The number of H-pyrrole nitrogens is 1. The number of hydrogen-bond acceptors (Lipinski definition) is 3. The van der Waals surface area contributed by atoms with Crippen LogP contribution in [0, 0.1) is 0 Å². The van der Waals surface area contributed by atoms with Crippen molar-refractivity contribution in [1.29, 1.82) is 0 Å². The molecule has 0 fully saturated rings. The molecule has 0 saturated heterocycles. The van der Waals surface area contributed by atoms with Crippen molar-refractivity contribution in [3.63, 3.8) is 0 Å². The summed E-state index contributed by atoms with van der Waals surface area (Å²) in [4.78, 5) is 14.1. The molecule has 4 aromatic rings. The van der Waals surface area contributed by atoms with E-state index in [9.17, 15) is 4.79 Å². The number of benzene rings is 3. The van der Waals surface area contributed by atoms with E-state index in [0.29, 0.717) is 11.6 Å². The van der Waals surface area contributed by atoms with Crippen molar-refractivity contribution in [3.05, 3.63) is 106 Å². The van der Waals surface area contributed by atoms with Crippen LogP contribution in [0.4, 0.5) is 0 Å². The van der Waals surface area contributed by atoms with Gasteiger partial charge in [-0.05, 0) is 54.5 Å². The van der Waals surface area contributed by atoms with Crippen LogP contribution in [0.15, 0.2) is 88.1 Å². The second-order valence-electron chi connectivity index (χ2n) is 7.84. The molecule has 0 spiro atoms. The number of fused-ring (bicyclic) bond motifs is 1. The van der Waals surface area contributed by atoms with E-state index in [-0.39, 0.29) is 0 Å². The summed E-state index contributed by atoms with van der Waals surface area (Å²) < 4.78 is 5.24. The minimum Gasteiger partial charge on any atom is -0.408 e. The maximum absolute atomic E-state index is 11.4. The van der Waals surface area contributed by atoms with Crippen LogP contribution in [0.1, 0.15) is 36.0 Å². The molecule has 1 heterocycles. The van der Waals surface area contributed by atoms with E-state index < -0.39 is 5.76 Å². The van der Waals surface area contributed by atoms with Gasteiger partial charge in [-0.2, -0.15) is 0 Å². The molecule has 0 aliphatic rings. The van der Waals surface area contributed by atoms with Gasteiger partial charge >= 0.3 is 5.76 Å². The average molecular weight is 401 g/mol. The number of unbranched alkanes of at least 4 members (excludes halogenated alkanes) is 1. The Kier molecular flexibility index (Phi) is 6.78. The lowest BCUT2D eigenvalue weighted by molar-refractivity contribution is 0.456. The smallest absolute Gasteiger partial charge is 0.408 e.